The first kappa shape index (κ1) is 7.01. The summed E-state index contributed by atoms with van der Waals surface area (Å²) in [6, 6.07) is 0. The summed E-state index contributed by atoms with van der Waals surface area (Å²) in [5.41, 5.74) is 0. The first-order valence-electron chi connectivity index (χ1n) is 2.04. The normalized spacial score (nSPS) is 7.62. The van der Waals surface area contributed by atoms with E-state index in [0.717, 1.165) is 0 Å². The van der Waals surface area contributed by atoms with Gasteiger partial charge in [-0.25, -0.2) is 4.79 Å². The molecular formula is C5H7O3. The Kier molecular flexibility index (Phi) is 3.66. The Balaban J connectivity index is 2.93. The molecule has 45 valence electrons. The first-order chi connectivity index (χ1) is 3.77. The van der Waals surface area contributed by atoms with Gasteiger partial charge in [-0.15, -0.1) is 0 Å². The number of rotatable bonds is 4. The molecule has 3 heteroatoms. The van der Waals surface area contributed by atoms with Crippen molar-refractivity contribution in [2.24, 2.45) is 0 Å². The van der Waals surface area contributed by atoms with Crippen LogP contribution in [0.1, 0.15) is 6.92 Å². The zero-order chi connectivity index (χ0) is 6.41. The zero-order valence-corrected chi connectivity index (χ0v) is 4.64. The fourth-order valence-corrected chi connectivity index (χ4v) is 0.154. The van der Waals surface area contributed by atoms with Gasteiger partial charge in [-0.2, -0.15) is 0 Å². The van der Waals surface area contributed by atoms with Crippen molar-refractivity contribution in [1.29, 1.82) is 0 Å². The molecule has 0 aliphatic carbocycles. The largest absolute Gasteiger partial charge is 0.463 e. The molecule has 0 aromatic carbocycles. The van der Waals surface area contributed by atoms with Gasteiger partial charge in [0.1, 0.15) is 0 Å². The highest BCUT2D eigenvalue weighted by Crippen LogP contribution is 1.87. The van der Waals surface area contributed by atoms with Crippen molar-refractivity contribution in [3.63, 3.8) is 0 Å². The number of carbonyl (C=O) groups excluding carboxylic acids is 1. The molecule has 0 saturated heterocycles. The van der Waals surface area contributed by atoms with Crippen LogP contribution in [0, 0.1) is 0 Å². The molecule has 0 aromatic heterocycles. The summed E-state index contributed by atoms with van der Waals surface area (Å²) < 4.78 is 8.66. The Hall–Kier alpha value is -0.990. The highest BCUT2D eigenvalue weighted by Gasteiger charge is 1.82. The van der Waals surface area contributed by atoms with Gasteiger partial charge >= 0.3 is 6.47 Å². The van der Waals surface area contributed by atoms with E-state index in [-0.39, 0.29) is 6.79 Å². The third-order valence-corrected chi connectivity index (χ3v) is 0.423. The van der Waals surface area contributed by atoms with E-state index in [1.54, 1.807) is 6.92 Å². The second kappa shape index (κ2) is 4.18. The Morgan fingerprint density at radius 2 is 2.50 bits per heavy atom. The number of ether oxygens (including phenoxy) is 2. The lowest BCUT2D eigenvalue weighted by Gasteiger charge is -1.99. The van der Waals surface area contributed by atoms with Crippen molar-refractivity contribution in [3.05, 3.63) is 12.3 Å². The Morgan fingerprint density at radius 1 is 1.88 bits per heavy atom. The van der Waals surface area contributed by atoms with Gasteiger partial charge in [0.25, 0.3) is 0 Å². The molecule has 0 unspecified atom stereocenters. The molecule has 0 spiro atoms. The summed E-state index contributed by atoms with van der Waals surface area (Å²) in [4.78, 5) is 9.33. The molecule has 0 heterocycles. The van der Waals surface area contributed by atoms with Crippen LogP contribution in [0.15, 0.2) is 12.3 Å². The Morgan fingerprint density at radius 3 is 2.88 bits per heavy atom. The fraction of sp³-hybridized carbons (Fsp3) is 0.400. The molecule has 0 aliphatic rings. The lowest BCUT2D eigenvalue weighted by atomic mass is 10.7. The summed E-state index contributed by atoms with van der Waals surface area (Å²) in [5, 5.41) is 0. The number of hydrogen-bond acceptors (Lipinski definition) is 3. The van der Waals surface area contributed by atoms with E-state index in [0.29, 0.717) is 5.76 Å². The minimum atomic E-state index is -0.0984. The van der Waals surface area contributed by atoms with Crippen molar-refractivity contribution >= 4 is 6.47 Å². The first-order valence-corrected chi connectivity index (χ1v) is 2.04. The zero-order valence-electron chi connectivity index (χ0n) is 4.64. The molecule has 0 atom stereocenters. The second-order valence-electron chi connectivity index (χ2n) is 1.19. The smallest absolute Gasteiger partial charge is 0.420 e. The van der Waals surface area contributed by atoms with Crippen LogP contribution in [0.5, 0.6) is 0 Å². The molecule has 0 aromatic rings. The molecule has 0 N–H and O–H groups in total. The highest BCUT2D eigenvalue weighted by atomic mass is 16.7. The van der Waals surface area contributed by atoms with E-state index >= 15 is 0 Å². The minimum Gasteiger partial charge on any atom is -0.463 e. The quantitative estimate of drug-likeness (QED) is 0.305. The van der Waals surface area contributed by atoms with Crippen molar-refractivity contribution in [1.82, 2.24) is 0 Å². The third kappa shape index (κ3) is 5.01. The van der Waals surface area contributed by atoms with Crippen LogP contribution in [-0.4, -0.2) is 13.3 Å². The lowest BCUT2D eigenvalue weighted by molar-refractivity contribution is 0.0509. The number of allylic oxidation sites excluding steroid dienone is 1. The van der Waals surface area contributed by atoms with Gasteiger partial charge in [-0.1, -0.05) is 6.58 Å². The summed E-state index contributed by atoms with van der Waals surface area (Å²) in [7, 11) is 0. The van der Waals surface area contributed by atoms with Crippen LogP contribution >= 0.6 is 0 Å². The van der Waals surface area contributed by atoms with Gasteiger partial charge < -0.3 is 9.47 Å². The summed E-state index contributed by atoms with van der Waals surface area (Å²) in [6.45, 7) is 6.16. The topological polar surface area (TPSA) is 35.5 Å². The minimum absolute atomic E-state index is 0.0984. The average Bonchev–Trinajstić information content (AvgIpc) is 1.66. The summed E-state index contributed by atoms with van der Waals surface area (Å²) in [6.07, 6.45) is 0. The Labute approximate surface area is 47.9 Å². The van der Waals surface area contributed by atoms with Crippen LogP contribution < -0.4 is 0 Å². The maximum atomic E-state index is 9.33. The molecular weight excluding hydrogens is 108 g/mol. The fourth-order valence-electron chi connectivity index (χ4n) is 0.154. The van der Waals surface area contributed by atoms with Gasteiger partial charge in [0.05, 0.1) is 5.76 Å². The molecule has 0 amide bonds. The van der Waals surface area contributed by atoms with Gasteiger partial charge in [0.15, 0.2) is 0 Å². The molecule has 0 aliphatic heterocycles. The van der Waals surface area contributed by atoms with Crippen molar-refractivity contribution in [3.8, 4) is 0 Å². The van der Waals surface area contributed by atoms with E-state index < -0.39 is 0 Å². The van der Waals surface area contributed by atoms with Crippen LogP contribution in [-0.2, 0) is 14.3 Å². The van der Waals surface area contributed by atoms with E-state index in [1.807, 2.05) is 0 Å². The van der Waals surface area contributed by atoms with Gasteiger partial charge in [-0.3, -0.25) is 0 Å². The third-order valence-electron chi connectivity index (χ3n) is 0.423. The average molecular weight is 115 g/mol. The SMILES string of the molecule is C=C(C)OCO[C]=O. The number of hydrogen-bond donors (Lipinski definition) is 0. The molecule has 0 bridgehead atoms. The maximum Gasteiger partial charge on any atom is 0.420 e. The maximum absolute atomic E-state index is 9.33. The van der Waals surface area contributed by atoms with Crippen LogP contribution in [0.25, 0.3) is 0 Å². The van der Waals surface area contributed by atoms with Crippen molar-refractivity contribution < 1.29 is 14.3 Å². The lowest BCUT2D eigenvalue weighted by Crippen LogP contribution is -1.94. The van der Waals surface area contributed by atoms with Gasteiger partial charge in [-0.05, 0) is 6.92 Å². The highest BCUT2D eigenvalue weighted by molar-refractivity contribution is 5.37. The Bertz CT molecular complexity index is 87.7. The molecule has 0 fully saturated rings. The van der Waals surface area contributed by atoms with E-state index in [1.165, 1.54) is 6.47 Å². The molecule has 3 nitrogen and oxygen atoms in total. The molecule has 0 rings (SSSR count). The molecule has 1 radical (unpaired) electrons. The van der Waals surface area contributed by atoms with E-state index in [2.05, 4.69) is 16.1 Å². The van der Waals surface area contributed by atoms with E-state index in [9.17, 15) is 4.79 Å². The summed E-state index contributed by atoms with van der Waals surface area (Å²) in [5.74, 6) is 0.514. The predicted molar refractivity (Wildman–Crippen MR) is 27.5 cm³/mol. The van der Waals surface area contributed by atoms with E-state index in [4.69, 9.17) is 0 Å². The van der Waals surface area contributed by atoms with Crippen molar-refractivity contribution in [2.45, 2.75) is 6.92 Å². The van der Waals surface area contributed by atoms with Crippen LogP contribution in [0.2, 0.25) is 0 Å². The summed E-state index contributed by atoms with van der Waals surface area (Å²) >= 11 is 0. The monoisotopic (exact) mass is 115 g/mol. The predicted octanol–water partition coefficient (Wildman–Crippen LogP) is 0.578. The molecule has 8 heavy (non-hydrogen) atoms. The van der Waals surface area contributed by atoms with Crippen LogP contribution in [0.3, 0.4) is 0 Å². The van der Waals surface area contributed by atoms with Crippen LogP contribution in [0.4, 0.5) is 0 Å². The second-order valence-corrected chi connectivity index (χ2v) is 1.19. The van der Waals surface area contributed by atoms with Gasteiger partial charge in [0.2, 0.25) is 6.79 Å². The van der Waals surface area contributed by atoms with Gasteiger partial charge in [0, 0.05) is 0 Å². The van der Waals surface area contributed by atoms with Crippen molar-refractivity contribution in [2.75, 3.05) is 6.79 Å². The molecule has 0 saturated carbocycles. The standard InChI is InChI=1S/C5H7O3/c1-5(2)8-4-7-3-6/h1,4H2,2H3.